The van der Waals surface area contributed by atoms with E-state index in [0.717, 1.165) is 18.2 Å². The van der Waals surface area contributed by atoms with Crippen LogP contribution < -0.4 is 9.47 Å². The average Bonchev–Trinajstić information content (AvgIpc) is 2.63. The Hall–Kier alpha value is -3.03. The van der Waals surface area contributed by atoms with Crippen LogP contribution in [0.1, 0.15) is 22.8 Å². The van der Waals surface area contributed by atoms with Crippen LogP contribution in [0.5, 0.6) is 11.5 Å². The molecule has 0 bridgehead atoms. The lowest BCUT2D eigenvalue weighted by molar-refractivity contribution is -0.121. The fourth-order valence-electron chi connectivity index (χ4n) is 3.46. The smallest absolute Gasteiger partial charge is 0.256 e. The average molecular weight is 405 g/mol. The van der Waals surface area contributed by atoms with Gasteiger partial charge in [-0.25, -0.2) is 13.2 Å². The molecule has 0 radical (unpaired) electrons. The first-order chi connectivity index (χ1) is 13.8. The van der Waals surface area contributed by atoms with Crippen LogP contribution in [0.25, 0.3) is 0 Å². The van der Waals surface area contributed by atoms with Gasteiger partial charge in [-0.05, 0) is 25.1 Å². The summed E-state index contributed by atoms with van der Waals surface area (Å²) in [7, 11) is 0. The van der Waals surface area contributed by atoms with Crippen LogP contribution in [-0.2, 0) is 11.2 Å². The van der Waals surface area contributed by atoms with Crippen LogP contribution in [0.3, 0.4) is 0 Å². The zero-order valence-corrected chi connectivity index (χ0v) is 15.6. The summed E-state index contributed by atoms with van der Waals surface area (Å²) < 4.78 is 51.5. The number of fused-ring (bicyclic) bond motifs is 1. The third-order valence-corrected chi connectivity index (χ3v) is 5.23. The maximum Gasteiger partial charge on any atom is 0.256 e. The molecule has 2 heterocycles. The van der Waals surface area contributed by atoms with Crippen LogP contribution in [0.4, 0.5) is 13.2 Å². The molecule has 2 aliphatic heterocycles. The van der Waals surface area contributed by atoms with Crippen molar-refractivity contribution in [2.24, 2.45) is 5.92 Å². The Morgan fingerprint density at radius 3 is 2.62 bits per heavy atom. The molecule has 1 saturated heterocycles. The number of ketones is 1. The van der Waals surface area contributed by atoms with Gasteiger partial charge in [0.2, 0.25) is 0 Å². The lowest BCUT2D eigenvalue weighted by atomic mass is 9.93. The van der Waals surface area contributed by atoms with Gasteiger partial charge in [-0.15, -0.1) is 0 Å². The minimum absolute atomic E-state index is 0.0299. The number of carbonyl (C=O) groups excluding carboxylic acids is 2. The van der Waals surface area contributed by atoms with E-state index in [9.17, 15) is 22.8 Å². The molecular formula is C21H18F3NO4. The van der Waals surface area contributed by atoms with Crippen molar-refractivity contribution in [3.8, 4) is 11.5 Å². The molecule has 29 heavy (non-hydrogen) atoms. The van der Waals surface area contributed by atoms with Gasteiger partial charge < -0.3 is 14.4 Å². The van der Waals surface area contributed by atoms with Gasteiger partial charge in [0.1, 0.15) is 30.0 Å². The van der Waals surface area contributed by atoms with E-state index in [1.54, 1.807) is 6.92 Å². The maximum absolute atomic E-state index is 14.4. The van der Waals surface area contributed by atoms with Gasteiger partial charge in [0, 0.05) is 43.1 Å². The van der Waals surface area contributed by atoms with Crippen LogP contribution in [0, 0.1) is 23.4 Å². The lowest BCUT2D eigenvalue weighted by Gasteiger charge is -2.42. The topological polar surface area (TPSA) is 55.8 Å². The normalized spacial score (nSPS) is 17.2. The summed E-state index contributed by atoms with van der Waals surface area (Å²) >= 11 is 0. The van der Waals surface area contributed by atoms with Crippen LogP contribution in [0.2, 0.25) is 0 Å². The van der Waals surface area contributed by atoms with E-state index < -0.39 is 23.4 Å². The largest absolute Gasteiger partial charge is 0.490 e. The number of amides is 1. The van der Waals surface area contributed by atoms with E-state index >= 15 is 0 Å². The van der Waals surface area contributed by atoms with Crippen molar-refractivity contribution in [3.05, 3.63) is 58.9 Å². The zero-order valence-electron chi connectivity index (χ0n) is 15.6. The summed E-state index contributed by atoms with van der Waals surface area (Å²) in [5.74, 6) is -2.79. The van der Waals surface area contributed by atoms with Crippen molar-refractivity contribution < 1.29 is 32.2 Å². The monoisotopic (exact) mass is 405 g/mol. The summed E-state index contributed by atoms with van der Waals surface area (Å²) in [6, 6.07) is 5.81. The molecule has 0 saturated carbocycles. The number of hydrogen-bond donors (Lipinski definition) is 0. The van der Waals surface area contributed by atoms with E-state index in [-0.39, 0.29) is 47.9 Å². The maximum atomic E-state index is 14.4. The fourth-order valence-corrected chi connectivity index (χ4v) is 3.46. The first-order valence-corrected chi connectivity index (χ1v) is 9.19. The molecule has 0 aliphatic carbocycles. The van der Waals surface area contributed by atoms with Gasteiger partial charge in [0.05, 0.1) is 5.56 Å². The third kappa shape index (κ3) is 3.79. The molecule has 0 spiro atoms. The molecule has 1 amide bonds. The molecule has 0 N–H and O–H groups in total. The van der Waals surface area contributed by atoms with Crippen molar-refractivity contribution >= 4 is 11.7 Å². The molecule has 152 valence electrons. The number of rotatable bonds is 4. The second-order valence-corrected chi connectivity index (χ2v) is 7.31. The molecule has 1 atom stereocenters. The van der Waals surface area contributed by atoms with Gasteiger partial charge >= 0.3 is 0 Å². The molecule has 1 unspecified atom stereocenters. The first kappa shape index (κ1) is 19.3. The number of ether oxygens (including phenoxy) is 2. The highest BCUT2D eigenvalue weighted by atomic mass is 19.2. The fraction of sp³-hybridized carbons (Fsp3) is 0.333. The molecule has 5 nitrogen and oxygen atoms in total. The third-order valence-electron chi connectivity index (χ3n) is 5.23. The summed E-state index contributed by atoms with van der Waals surface area (Å²) in [5, 5.41) is 0. The van der Waals surface area contributed by atoms with Gasteiger partial charge in [0.15, 0.2) is 17.4 Å². The molecule has 4 rings (SSSR count). The van der Waals surface area contributed by atoms with Gasteiger partial charge in [-0.1, -0.05) is 0 Å². The van der Waals surface area contributed by atoms with Gasteiger partial charge in [-0.2, -0.15) is 0 Å². The highest BCUT2D eigenvalue weighted by molar-refractivity contribution is 5.96. The number of hydrogen-bond acceptors (Lipinski definition) is 4. The second kappa shape index (κ2) is 7.42. The molecule has 0 aromatic heterocycles. The van der Waals surface area contributed by atoms with Crippen molar-refractivity contribution in [1.29, 1.82) is 0 Å². The predicted octanol–water partition coefficient (Wildman–Crippen LogP) is 3.15. The molecule has 2 aromatic rings. The molecule has 2 aromatic carbocycles. The van der Waals surface area contributed by atoms with Crippen molar-refractivity contribution in [1.82, 2.24) is 4.90 Å². The summed E-state index contributed by atoms with van der Waals surface area (Å²) in [4.78, 5) is 25.7. The molecular weight excluding hydrogens is 387 g/mol. The number of carbonyl (C=O) groups is 2. The highest BCUT2D eigenvalue weighted by Crippen LogP contribution is 2.30. The Kier molecular flexibility index (Phi) is 4.94. The quantitative estimate of drug-likeness (QED) is 0.784. The number of halogens is 3. The minimum Gasteiger partial charge on any atom is -0.490 e. The van der Waals surface area contributed by atoms with Gasteiger partial charge in [0.25, 0.3) is 5.91 Å². The Morgan fingerprint density at radius 1 is 1.14 bits per heavy atom. The van der Waals surface area contributed by atoms with Crippen LogP contribution >= 0.6 is 0 Å². The zero-order chi connectivity index (χ0) is 20.7. The molecule has 1 fully saturated rings. The number of Topliss-reactive ketones (excluding diaryl/α,β-unsaturated/α-hetero) is 1. The number of benzene rings is 2. The standard InChI is InChI=1S/C21H18F3NO4/c1-11(29-15-2-3-17(22)19(24)6-15)13-8-25(9-13)21(27)16-5-12-4-14(26)10-28-20(12)7-18(16)23/h2-3,5-7,11,13H,4,8-10H2,1H3. The minimum atomic E-state index is -0.995. The predicted molar refractivity (Wildman–Crippen MR) is 96.4 cm³/mol. The SMILES string of the molecule is CC(Oc1ccc(F)c(F)c1)C1CN(C(=O)c2cc3c(cc2F)OCC(=O)C3)C1. The molecule has 2 aliphatic rings. The summed E-state index contributed by atoms with van der Waals surface area (Å²) in [5.41, 5.74) is 0.396. The van der Waals surface area contributed by atoms with Crippen LogP contribution in [0.15, 0.2) is 30.3 Å². The molecule has 8 heteroatoms. The Morgan fingerprint density at radius 2 is 1.90 bits per heavy atom. The lowest BCUT2D eigenvalue weighted by Crippen LogP contribution is -2.55. The van der Waals surface area contributed by atoms with E-state index in [1.165, 1.54) is 17.0 Å². The van der Waals surface area contributed by atoms with Crippen molar-refractivity contribution in [2.45, 2.75) is 19.4 Å². The van der Waals surface area contributed by atoms with E-state index in [4.69, 9.17) is 9.47 Å². The summed E-state index contributed by atoms with van der Waals surface area (Å²) in [6.07, 6.45) is -0.235. The Labute approximate surface area is 165 Å². The van der Waals surface area contributed by atoms with Crippen molar-refractivity contribution in [2.75, 3.05) is 19.7 Å². The van der Waals surface area contributed by atoms with E-state index in [0.29, 0.717) is 18.7 Å². The van der Waals surface area contributed by atoms with E-state index in [2.05, 4.69) is 0 Å². The van der Waals surface area contributed by atoms with Crippen LogP contribution in [-0.4, -0.2) is 42.4 Å². The second-order valence-electron chi connectivity index (χ2n) is 7.31. The Balaban J connectivity index is 1.39. The van der Waals surface area contributed by atoms with Gasteiger partial charge in [-0.3, -0.25) is 9.59 Å². The van der Waals surface area contributed by atoms with Crippen molar-refractivity contribution in [3.63, 3.8) is 0 Å². The number of likely N-dealkylation sites (tertiary alicyclic amines) is 1. The Bertz CT molecular complexity index is 988. The highest BCUT2D eigenvalue weighted by Gasteiger charge is 2.37. The summed E-state index contributed by atoms with van der Waals surface area (Å²) in [6.45, 7) is 2.37. The first-order valence-electron chi connectivity index (χ1n) is 9.19. The number of nitrogens with zero attached hydrogens (tertiary/aromatic N) is 1. The van der Waals surface area contributed by atoms with E-state index in [1.807, 2.05) is 0 Å².